The number of hydrogen-bond donors (Lipinski definition) is 2. The number of hydrogen-bond acceptors (Lipinski definition) is 7. The highest BCUT2D eigenvalue weighted by Crippen LogP contribution is 2.37. The molecule has 0 unspecified atom stereocenters. The van der Waals surface area contributed by atoms with E-state index in [4.69, 9.17) is 16.2 Å². The molecular weight excluding hydrogens is 412 g/mol. The molecule has 0 fully saturated rings. The van der Waals surface area contributed by atoms with Crippen LogP contribution in [-0.2, 0) is 4.74 Å². The van der Waals surface area contributed by atoms with Crippen LogP contribution in [0.5, 0.6) is 0 Å². The van der Waals surface area contributed by atoms with E-state index in [1.165, 1.54) is 4.57 Å². The van der Waals surface area contributed by atoms with E-state index in [-0.39, 0.29) is 17.3 Å². The zero-order valence-electron chi connectivity index (χ0n) is 14.9. The molecule has 3 rings (SSSR count). The summed E-state index contributed by atoms with van der Waals surface area (Å²) in [7, 11) is 0. The van der Waals surface area contributed by atoms with Gasteiger partial charge in [0.1, 0.15) is 23.1 Å². The molecule has 0 aliphatic carbocycles. The van der Waals surface area contributed by atoms with Gasteiger partial charge in [-0.3, -0.25) is 4.57 Å². The fourth-order valence-corrected chi connectivity index (χ4v) is 3.32. The molecule has 0 aliphatic rings. The summed E-state index contributed by atoms with van der Waals surface area (Å²) in [5.74, 6) is -0.0408. The number of carbonyl (C=O) groups excluding carboxylic acids is 1. The number of benzene rings is 1. The van der Waals surface area contributed by atoms with Gasteiger partial charge >= 0.3 is 6.09 Å². The van der Waals surface area contributed by atoms with Gasteiger partial charge in [0.25, 0.3) is 0 Å². The predicted octanol–water partition coefficient (Wildman–Crippen LogP) is 3.68. The average Bonchev–Trinajstić information content (AvgIpc) is 2.90. The van der Waals surface area contributed by atoms with Crippen LogP contribution in [-0.4, -0.2) is 26.2 Å². The number of nitrogens with zero attached hydrogens (tertiary/aromatic N) is 4. The lowest BCUT2D eigenvalue weighted by Crippen LogP contribution is -2.26. The first-order chi connectivity index (χ1) is 12.6. The normalized spacial score (nSPS) is 11.4. The Labute approximate surface area is 163 Å². The Morgan fingerprint density at radius 2 is 2.00 bits per heavy atom. The fraction of sp³-hybridized carbons (Fsp3) is 0.222. The summed E-state index contributed by atoms with van der Waals surface area (Å²) in [5, 5.41) is 10.2. The molecule has 1 aromatic carbocycles. The van der Waals surface area contributed by atoms with Gasteiger partial charge in [0.15, 0.2) is 0 Å². The monoisotopic (exact) mass is 428 g/mol. The molecule has 2 heterocycles. The van der Waals surface area contributed by atoms with Crippen LogP contribution in [0.2, 0.25) is 0 Å². The molecule has 0 amide bonds. The maximum absolute atomic E-state index is 12.6. The molecule has 0 spiro atoms. The van der Waals surface area contributed by atoms with E-state index in [1.54, 1.807) is 45.2 Å². The van der Waals surface area contributed by atoms with Gasteiger partial charge < -0.3 is 16.2 Å². The number of anilines is 2. The highest BCUT2D eigenvalue weighted by atomic mass is 79.9. The largest absolute Gasteiger partial charge is 0.443 e. The molecule has 0 radical (unpaired) electrons. The second-order valence-electron chi connectivity index (χ2n) is 6.83. The van der Waals surface area contributed by atoms with Crippen molar-refractivity contribution in [2.24, 2.45) is 0 Å². The Hall–Kier alpha value is -3.12. The third kappa shape index (κ3) is 3.44. The number of aromatic nitrogens is 3. The summed E-state index contributed by atoms with van der Waals surface area (Å²) in [6.45, 7) is 5.38. The fourth-order valence-electron chi connectivity index (χ4n) is 2.70. The van der Waals surface area contributed by atoms with Crippen molar-refractivity contribution in [3.8, 4) is 17.3 Å². The molecular formula is C18H17BrN6O2. The second-order valence-corrected chi connectivity index (χ2v) is 7.68. The lowest BCUT2D eigenvalue weighted by Gasteiger charge is -2.19. The third-order valence-electron chi connectivity index (χ3n) is 3.69. The minimum absolute atomic E-state index is 0.000277. The van der Waals surface area contributed by atoms with Crippen LogP contribution in [0.15, 0.2) is 28.9 Å². The minimum atomic E-state index is -0.638. The van der Waals surface area contributed by atoms with Gasteiger partial charge in [-0.05, 0) is 42.8 Å². The van der Waals surface area contributed by atoms with Crippen LogP contribution in [0.25, 0.3) is 22.2 Å². The molecule has 2 aromatic heterocycles. The van der Waals surface area contributed by atoms with Crippen molar-refractivity contribution in [2.45, 2.75) is 26.4 Å². The van der Waals surface area contributed by atoms with Crippen molar-refractivity contribution in [3.05, 3.63) is 34.4 Å². The Morgan fingerprint density at radius 3 is 2.63 bits per heavy atom. The number of nitrogen functional groups attached to an aromatic ring is 2. The first-order valence-electron chi connectivity index (χ1n) is 7.98. The summed E-state index contributed by atoms with van der Waals surface area (Å²) in [6, 6.07) is 7.31. The number of nitrogens with two attached hydrogens (primary N) is 2. The summed E-state index contributed by atoms with van der Waals surface area (Å²) in [4.78, 5) is 20.6. The number of carbonyl (C=O) groups is 1. The molecule has 8 nitrogen and oxygen atoms in total. The smallest absolute Gasteiger partial charge is 0.419 e. The van der Waals surface area contributed by atoms with Crippen molar-refractivity contribution in [3.63, 3.8) is 0 Å². The van der Waals surface area contributed by atoms with E-state index in [0.29, 0.717) is 26.6 Å². The minimum Gasteiger partial charge on any atom is -0.443 e. The van der Waals surface area contributed by atoms with Gasteiger partial charge in [-0.25, -0.2) is 9.78 Å². The quantitative estimate of drug-likeness (QED) is 0.603. The van der Waals surface area contributed by atoms with Crippen molar-refractivity contribution in [1.29, 1.82) is 5.26 Å². The Bertz CT molecular complexity index is 1110. The van der Waals surface area contributed by atoms with Gasteiger partial charge in [0.2, 0.25) is 5.95 Å². The SMILES string of the molecule is CC(C)(C)OC(=O)n1cc(Br)c2c(-c3nc(N)nc(N)c3C#N)cccc21. The Kier molecular flexibility index (Phi) is 4.53. The van der Waals surface area contributed by atoms with Crippen LogP contribution in [0.1, 0.15) is 26.3 Å². The van der Waals surface area contributed by atoms with Gasteiger partial charge in [0.05, 0.1) is 11.2 Å². The molecule has 0 bridgehead atoms. The summed E-state index contributed by atoms with van der Waals surface area (Å²) in [6.07, 6.45) is 1.10. The van der Waals surface area contributed by atoms with E-state index in [9.17, 15) is 10.1 Å². The molecule has 0 aliphatic heterocycles. The zero-order valence-corrected chi connectivity index (χ0v) is 16.5. The summed E-state index contributed by atoms with van der Waals surface area (Å²) in [5.41, 5.74) is 12.5. The summed E-state index contributed by atoms with van der Waals surface area (Å²) >= 11 is 3.48. The van der Waals surface area contributed by atoms with Crippen molar-refractivity contribution >= 4 is 44.7 Å². The third-order valence-corrected chi connectivity index (χ3v) is 4.30. The van der Waals surface area contributed by atoms with Crippen LogP contribution < -0.4 is 11.5 Å². The lowest BCUT2D eigenvalue weighted by atomic mass is 10.0. The van der Waals surface area contributed by atoms with Crippen molar-refractivity contribution < 1.29 is 9.53 Å². The van der Waals surface area contributed by atoms with E-state index in [2.05, 4.69) is 25.9 Å². The standard InChI is InChI=1S/C18H17BrN6O2/c1-18(2,3)27-17(26)25-8-11(19)13-9(5-4-6-12(13)25)14-10(7-20)15(21)24-16(22)23-14/h4-6,8H,1-3H3,(H4,21,22,23,24). The Morgan fingerprint density at radius 1 is 1.30 bits per heavy atom. The van der Waals surface area contributed by atoms with Gasteiger partial charge in [-0.1, -0.05) is 12.1 Å². The van der Waals surface area contributed by atoms with Crippen LogP contribution in [0.4, 0.5) is 16.6 Å². The molecule has 0 saturated carbocycles. The zero-order chi connectivity index (χ0) is 19.9. The first kappa shape index (κ1) is 18.7. The van der Waals surface area contributed by atoms with Crippen LogP contribution in [0, 0.1) is 11.3 Å². The number of rotatable bonds is 1. The van der Waals surface area contributed by atoms with Gasteiger partial charge in [-0.2, -0.15) is 10.2 Å². The molecule has 0 saturated heterocycles. The Balaban J connectivity index is 2.28. The average molecular weight is 429 g/mol. The van der Waals surface area contributed by atoms with Gasteiger partial charge in [-0.15, -0.1) is 0 Å². The number of nitriles is 1. The topological polar surface area (TPSA) is 133 Å². The van der Waals surface area contributed by atoms with Crippen molar-refractivity contribution in [2.75, 3.05) is 11.5 Å². The maximum atomic E-state index is 12.6. The lowest BCUT2D eigenvalue weighted by molar-refractivity contribution is 0.0544. The molecule has 138 valence electrons. The van der Waals surface area contributed by atoms with E-state index < -0.39 is 11.7 Å². The number of halogens is 1. The molecule has 3 aromatic rings. The van der Waals surface area contributed by atoms with E-state index >= 15 is 0 Å². The van der Waals surface area contributed by atoms with E-state index in [0.717, 1.165) is 0 Å². The highest BCUT2D eigenvalue weighted by Gasteiger charge is 2.23. The number of fused-ring (bicyclic) bond motifs is 1. The molecule has 9 heteroatoms. The molecule has 4 N–H and O–H groups in total. The molecule has 27 heavy (non-hydrogen) atoms. The van der Waals surface area contributed by atoms with Crippen molar-refractivity contribution in [1.82, 2.24) is 14.5 Å². The second kappa shape index (κ2) is 6.55. The van der Waals surface area contributed by atoms with Gasteiger partial charge in [0, 0.05) is 21.6 Å². The number of ether oxygens (including phenoxy) is 1. The highest BCUT2D eigenvalue weighted by molar-refractivity contribution is 9.10. The van der Waals surface area contributed by atoms with E-state index in [1.807, 2.05) is 6.07 Å². The van der Waals surface area contributed by atoms with Crippen LogP contribution in [0.3, 0.4) is 0 Å². The predicted molar refractivity (Wildman–Crippen MR) is 106 cm³/mol. The molecule has 0 atom stereocenters. The van der Waals surface area contributed by atoms with Crippen LogP contribution >= 0.6 is 15.9 Å². The maximum Gasteiger partial charge on any atom is 0.419 e. The summed E-state index contributed by atoms with van der Waals surface area (Å²) < 4.78 is 7.49. The first-order valence-corrected chi connectivity index (χ1v) is 8.78.